The summed E-state index contributed by atoms with van der Waals surface area (Å²) in [7, 11) is 0. The minimum absolute atomic E-state index is 0.0528. The highest BCUT2D eigenvalue weighted by Crippen LogP contribution is 2.28. The van der Waals surface area contributed by atoms with Crippen LogP contribution in [-0.4, -0.2) is 47.0 Å². The third kappa shape index (κ3) is 4.76. The summed E-state index contributed by atoms with van der Waals surface area (Å²) in [5.74, 6) is 1.45. The van der Waals surface area contributed by atoms with Gasteiger partial charge in [0.15, 0.2) is 0 Å². The SMILES string of the molecule is NC(C(=O)N1CCSC1)C1CCC(NC(=O)Cc2ccccc2F)CC1. The maximum atomic E-state index is 13.6. The molecule has 1 aliphatic heterocycles. The number of nitrogens with two attached hydrogens (primary N) is 1. The average molecular weight is 380 g/mol. The molecular weight excluding hydrogens is 353 g/mol. The molecule has 5 nitrogen and oxygen atoms in total. The Kier molecular flexibility index (Phi) is 6.53. The summed E-state index contributed by atoms with van der Waals surface area (Å²) in [4.78, 5) is 26.4. The second-order valence-corrected chi connectivity index (χ2v) is 8.19. The fraction of sp³-hybridized carbons (Fsp3) is 0.579. The van der Waals surface area contributed by atoms with Gasteiger partial charge in [-0.3, -0.25) is 9.59 Å². The van der Waals surface area contributed by atoms with Crippen molar-refractivity contribution in [1.29, 1.82) is 0 Å². The molecule has 142 valence electrons. The Morgan fingerprint density at radius 3 is 2.65 bits per heavy atom. The summed E-state index contributed by atoms with van der Waals surface area (Å²) in [6.45, 7) is 0.790. The van der Waals surface area contributed by atoms with Gasteiger partial charge in [0, 0.05) is 18.3 Å². The van der Waals surface area contributed by atoms with Crippen LogP contribution >= 0.6 is 11.8 Å². The van der Waals surface area contributed by atoms with Gasteiger partial charge in [-0.2, -0.15) is 0 Å². The van der Waals surface area contributed by atoms with Crippen LogP contribution in [0.25, 0.3) is 0 Å². The largest absolute Gasteiger partial charge is 0.353 e. The van der Waals surface area contributed by atoms with E-state index in [2.05, 4.69) is 5.32 Å². The number of nitrogens with one attached hydrogen (secondary N) is 1. The average Bonchev–Trinajstić information content (AvgIpc) is 3.18. The van der Waals surface area contributed by atoms with Crippen LogP contribution in [0.1, 0.15) is 31.2 Å². The van der Waals surface area contributed by atoms with Crippen LogP contribution in [0, 0.1) is 11.7 Å². The van der Waals surface area contributed by atoms with E-state index in [0.29, 0.717) is 5.56 Å². The number of hydrogen-bond acceptors (Lipinski definition) is 4. The van der Waals surface area contributed by atoms with E-state index in [9.17, 15) is 14.0 Å². The molecule has 1 aliphatic carbocycles. The number of carbonyl (C=O) groups excluding carboxylic acids is 2. The van der Waals surface area contributed by atoms with E-state index < -0.39 is 6.04 Å². The highest BCUT2D eigenvalue weighted by molar-refractivity contribution is 7.99. The molecule has 0 spiro atoms. The maximum Gasteiger partial charge on any atom is 0.240 e. The van der Waals surface area contributed by atoms with Gasteiger partial charge >= 0.3 is 0 Å². The van der Waals surface area contributed by atoms with Gasteiger partial charge in [0.2, 0.25) is 11.8 Å². The number of hydrogen-bond donors (Lipinski definition) is 2. The maximum absolute atomic E-state index is 13.6. The van der Waals surface area contributed by atoms with E-state index in [-0.39, 0.29) is 36.0 Å². The highest BCUT2D eigenvalue weighted by atomic mass is 32.2. The van der Waals surface area contributed by atoms with Crippen LogP contribution in [-0.2, 0) is 16.0 Å². The molecule has 0 aromatic heterocycles. The zero-order valence-electron chi connectivity index (χ0n) is 14.8. The molecule has 3 rings (SSSR count). The van der Waals surface area contributed by atoms with Crippen molar-refractivity contribution in [2.24, 2.45) is 11.7 Å². The quantitative estimate of drug-likeness (QED) is 0.819. The first kappa shape index (κ1) is 19.2. The molecule has 1 aromatic carbocycles. The molecule has 2 amide bonds. The lowest BCUT2D eigenvalue weighted by Crippen LogP contribution is -2.49. The van der Waals surface area contributed by atoms with Crippen molar-refractivity contribution in [2.75, 3.05) is 18.2 Å². The van der Waals surface area contributed by atoms with Gasteiger partial charge in [0.05, 0.1) is 18.3 Å². The molecule has 26 heavy (non-hydrogen) atoms. The molecule has 1 saturated carbocycles. The van der Waals surface area contributed by atoms with Crippen molar-refractivity contribution >= 4 is 23.6 Å². The Bertz CT molecular complexity index is 643. The Morgan fingerprint density at radius 2 is 2.00 bits per heavy atom. The molecule has 0 radical (unpaired) electrons. The third-order valence-corrected chi connectivity index (χ3v) is 6.27. The predicted octanol–water partition coefficient (Wildman–Crippen LogP) is 1.90. The van der Waals surface area contributed by atoms with Crippen molar-refractivity contribution in [3.63, 3.8) is 0 Å². The van der Waals surface area contributed by atoms with E-state index >= 15 is 0 Å². The molecule has 2 aliphatic rings. The van der Waals surface area contributed by atoms with Crippen LogP contribution in [0.15, 0.2) is 24.3 Å². The third-order valence-electron chi connectivity index (χ3n) is 5.30. The van der Waals surface area contributed by atoms with Crippen molar-refractivity contribution < 1.29 is 14.0 Å². The number of nitrogens with zero attached hydrogens (tertiary/aromatic N) is 1. The van der Waals surface area contributed by atoms with Crippen LogP contribution in [0.4, 0.5) is 4.39 Å². The molecule has 3 N–H and O–H groups in total. The van der Waals surface area contributed by atoms with Gasteiger partial charge in [-0.25, -0.2) is 4.39 Å². The first-order valence-electron chi connectivity index (χ1n) is 9.19. The fourth-order valence-electron chi connectivity index (χ4n) is 3.72. The lowest BCUT2D eigenvalue weighted by Gasteiger charge is -2.33. The standard InChI is InChI=1S/C19H26FN3O2S/c20-16-4-2-1-3-14(16)11-17(24)22-15-7-5-13(6-8-15)18(21)19(25)23-9-10-26-12-23/h1-4,13,15,18H,5-12,21H2,(H,22,24). The number of thioether (sulfide) groups is 1. The van der Waals surface area contributed by atoms with E-state index in [4.69, 9.17) is 5.73 Å². The Balaban J connectivity index is 1.44. The summed E-state index contributed by atoms with van der Waals surface area (Å²) in [6.07, 6.45) is 3.33. The summed E-state index contributed by atoms with van der Waals surface area (Å²) in [5, 5.41) is 2.99. The Morgan fingerprint density at radius 1 is 1.27 bits per heavy atom. The van der Waals surface area contributed by atoms with Gasteiger partial charge in [-0.1, -0.05) is 18.2 Å². The van der Waals surface area contributed by atoms with E-state index in [1.54, 1.807) is 30.0 Å². The first-order chi connectivity index (χ1) is 12.5. The zero-order valence-corrected chi connectivity index (χ0v) is 15.6. The Labute approximate surface area is 157 Å². The van der Waals surface area contributed by atoms with Crippen molar-refractivity contribution in [1.82, 2.24) is 10.2 Å². The van der Waals surface area contributed by atoms with Gasteiger partial charge in [0.1, 0.15) is 5.82 Å². The molecule has 1 aromatic rings. The molecule has 1 heterocycles. The van der Waals surface area contributed by atoms with Crippen LogP contribution in [0.2, 0.25) is 0 Å². The van der Waals surface area contributed by atoms with Gasteiger partial charge in [0.25, 0.3) is 0 Å². The fourth-order valence-corrected chi connectivity index (χ4v) is 4.67. The molecular formula is C19H26FN3O2S. The zero-order chi connectivity index (χ0) is 18.5. The normalized spacial score (nSPS) is 24.3. The van der Waals surface area contributed by atoms with E-state index in [0.717, 1.165) is 43.9 Å². The van der Waals surface area contributed by atoms with Gasteiger partial charge in [-0.15, -0.1) is 11.8 Å². The van der Waals surface area contributed by atoms with Crippen LogP contribution in [0.3, 0.4) is 0 Å². The van der Waals surface area contributed by atoms with Gasteiger partial charge < -0.3 is 16.0 Å². The number of rotatable bonds is 5. The van der Waals surface area contributed by atoms with Crippen molar-refractivity contribution in [2.45, 2.75) is 44.2 Å². The number of amides is 2. The van der Waals surface area contributed by atoms with Crippen LogP contribution in [0.5, 0.6) is 0 Å². The molecule has 2 fully saturated rings. The Hall–Kier alpha value is -1.60. The topological polar surface area (TPSA) is 75.4 Å². The minimum Gasteiger partial charge on any atom is -0.353 e. The first-order valence-corrected chi connectivity index (χ1v) is 10.3. The summed E-state index contributed by atoms with van der Waals surface area (Å²) in [5.41, 5.74) is 6.62. The summed E-state index contributed by atoms with van der Waals surface area (Å²) < 4.78 is 13.6. The summed E-state index contributed by atoms with van der Waals surface area (Å²) in [6, 6.07) is 5.98. The highest BCUT2D eigenvalue weighted by Gasteiger charge is 2.33. The molecule has 0 bridgehead atoms. The molecule has 1 atom stereocenters. The predicted molar refractivity (Wildman–Crippen MR) is 101 cm³/mol. The number of carbonyl (C=O) groups is 2. The lowest BCUT2D eigenvalue weighted by atomic mass is 9.81. The van der Waals surface area contributed by atoms with Crippen LogP contribution < -0.4 is 11.1 Å². The minimum atomic E-state index is -0.441. The lowest BCUT2D eigenvalue weighted by molar-refractivity contribution is -0.132. The van der Waals surface area contributed by atoms with E-state index in [1.165, 1.54) is 6.07 Å². The smallest absolute Gasteiger partial charge is 0.240 e. The second kappa shape index (κ2) is 8.86. The monoisotopic (exact) mass is 379 g/mol. The van der Waals surface area contributed by atoms with E-state index in [1.807, 2.05) is 4.90 Å². The number of benzene rings is 1. The second-order valence-electron chi connectivity index (χ2n) is 7.11. The molecule has 7 heteroatoms. The molecule has 1 unspecified atom stereocenters. The summed E-state index contributed by atoms with van der Waals surface area (Å²) >= 11 is 1.76. The van der Waals surface area contributed by atoms with Crippen molar-refractivity contribution in [3.8, 4) is 0 Å². The van der Waals surface area contributed by atoms with Crippen molar-refractivity contribution in [3.05, 3.63) is 35.6 Å². The molecule has 1 saturated heterocycles. The number of halogens is 1. The van der Waals surface area contributed by atoms with Gasteiger partial charge in [-0.05, 0) is 43.2 Å².